The highest BCUT2D eigenvalue weighted by Gasteiger charge is 2.48. The smallest absolute Gasteiger partial charge is 0.410 e. The molecule has 1 spiro atoms. The van der Waals surface area contributed by atoms with E-state index in [4.69, 9.17) is 4.74 Å². The van der Waals surface area contributed by atoms with Crippen molar-refractivity contribution in [1.82, 2.24) is 9.80 Å². The molecule has 2 saturated heterocycles. The van der Waals surface area contributed by atoms with E-state index in [2.05, 4.69) is 0 Å². The summed E-state index contributed by atoms with van der Waals surface area (Å²) in [6.07, 6.45) is 1.74. The number of hydrogen-bond acceptors (Lipinski definition) is 3. The van der Waals surface area contributed by atoms with Crippen molar-refractivity contribution in [1.29, 1.82) is 0 Å². The highest BCUT2D eigenvalue weighted by molar-refractivity contribution is 5.81. The van der Waals surface area contributed by atoms with Crippen molar-refractivity contribution in [3.63, 3.8) is 0 Å². The molecule has 0 bridgehead atoms. The maximum absolute atomic E-state index is 12.3. The fraction of sp³-hybridized carbons (Fsp3) is 0.882. The van der Waals surface area contributed by atoms with Gasteiger partial charge in [-0.1, -0.05) is 20.8 Å². The molecule has 2 rings (SSSR count). The highest BCUT2D eigenvalue weighted by Crippen LogP contribution is 2.41. The van der Waals surface area contributed by atoms with Gasteiger partial charge in [-0.15, -0.1) is 0 Å². The van der Waals surface area contributed by atoms with Gasteiger partial charge < -0.3 is 14.5 Å². The fourth-order valence-electron chi connectivity index (χ4n) is 3.19. The van der Waals surface area contributed by atoms with Gasteiger partial charge in [0.1, 0.15) is 5.60 Å². The maximum atomic E-state index is 12.3. The largest absolute Gasteiger partial charge is 0.444 e. The lowest BCUT2D eigenvalue weighted by molar-refractivity contribution is -0.144. The molecule has 0 aromatic carbocycles. The average Bonchev–Trinajstić information content (AvgIpc) is 2.32. The zero-order chi connectivity index (χ0) is 16.8. The van der Waals surface area contributed by atoms with Crippen LogP contribution in [0.1, 0.15) is 54.4 Å². The summed E-state index contributed by atoms with van der Waals surface area (Å²) in [6.45, 7) is 14.7. The van der Waals surface area contributed by atoms with E-state index < -0.39 is 5.60 Å². The molecule has 2 aliphatic rings. The Balaban J connectivity index is 1.82. The van der Waals surface area contributed by atoms with Crippen LogP contribution >= 0.6 is 0 Å². The van der Waals surface area contributed by atoms with Crippen molar-refractivity contribution in [3.05, 3.63) is 0 Å². The Morgan fingerprint density at radius 1 is 0.909 bits per heavy atom. The molecular formula is C17H30N2O3. The summed E-state index contributed by atoms with van der Waals surface area (Å²) in [5, 5.41) is 0. The Morgan fingerprint density at radius 2 is 1.41 bits per heavy atom. The molecule has 0 unspecified atom stereocenters. The normalized spacial score (nSPS) is 21.5. The van der Waals surface area contributed by atoms with Gasteiger partial charge in [0.2, 0.25) is 5.91 Å². The Kier molecular flexibility index (Phi) is 4.22. The minimum atomic E-state index is -0.442. The Labute approximate surface area is 134 Å². The lowest BCUT2D eigenvalue weighted by atomic mass is 9.72. The summed E-state index contributed by atoms with van der Waals surface area (Å²) in [4.78, 5) is 28.1. The van der Waals surface area contributed by atoms with E-state index >= 15 is 0 Å². The minimum Gasteiger partial charge on any atom is -0.444 e. The minimum absolute atomic E-state index is 0.200. The first-order valence-electron chi connectivity index (χ1n) is 8.19. The van der Waals surface area contributed by atoms with Gasteiger partial charge >= 0.3 is 6.09 Å². The van der Waals surface area contributed by atoms with Crippen LogP contribution in [0, 0.1) is 10.8 Å². The van der Waals surface area contributed by atoms with Gasteiger partial charge in [0.25, 0.3) is 0 Å². The first-order valence-corrected chi connectivity index (χ1v) is 8.19. The second-order valence-electron chi connectivity index (χ2n) is 8.88. The van der Waals surface area contributed by atoms with Crippen LogP contribution in [0.2, 0.25) is 0 Å². The first kappa shape index (κ1) is 17.1. The molecule has 0 atom stereocenters. The van der Waals surface area contributed by atoms with Crippen molar-refractivity contribution >= 4 is 12.0 Å². The van der Waals surface area contributed by atoms with E-state index in [-0.39, 0.29) is 22.8 Å². The van der Waals surface area contributed by atoms with Crippen LogP contribution in [0.5, 0.6) is 0 Å². The molecule has 2 fully saturated rings. The van der Waals surface area contributed by atoms with Crippen LogP contribution < -0.4 is 0 Å². The topological polar surface area (TPSA) is 49.9 Å². The van der Waals surface area contributed by atoms with Gasteiger partial charge in [0.15, 0.2) is 0 Å². The molecule has 0 N–H and O–H groups in total. The average molecular weight is 310 g/mol. The number of amides is 2. The molecule has 0 saturated carbocycles. The van der Waals surface area contributed by atoms with E-state index in [1.807, 2.05) is 46.4 Å². The summed E-state index contributed by atoms with van der Waals surface area (Å²) in [7, 11) is 0. The number of hydrogen-bond donors (Lipinski definition) is 0. The molecule has 2 heterocycles. The second-order valence-corrected chi connectivity index (χ2v) is 8.88. The molecule has 0 aromatic heterocycles. The Bertz CT molecular complexity index is 444. The van der Waals surface area contributed by atoms with Crippen LogP contribution in [-0.4, -0.2) is 53.6 Å². The van der Waals surface area contributed by atoms with E-state index in [1.165, 1.54) is 0 Å². The lowest BCUT2D eigenvalue weighted by Crippen LogP contribution is -2.63. The number of likely N-dealkylation sites (tertiary alicyclic amines) is 2. The van der Waals surface area contributed by atoms with Crippen LogP contribution in [0.4, 0.5) is 4.79 Å². The van der Waals surface area contributed by atoms with Gasteiger partial charge in [-0.05, 0) is 33.6 Å². The molecule has 22 heavy (non-hydrogen) atoms. The molecular weight excluding hydrogens is 280 g/mol. The molecule has 0 aromatic rings. The van der Waals surface area contributed by atoms with Gasteiger partial charge in [-0.25, -0.2) is 4.79 Å². The van der Waals surface area contributed by atoms with E-state index in [9.17, 15) is 9.59 Å². The van der Waals surface area contributed by atoms with Crippen molar-refractivity contribution in [3.8, 4) is 0 Å². The molecule has 2 aliphatic heterocycles. The summed E-state index contributed by atoms with van der Waals surface area (Å²) >= 11 is 0. The van der Waals surface area contributed by atoms with Gasteiger partial charge in [0, 0.05) is 37.0 Å². The van der Waals surface area contributed by atoms with E-state index in [1.54, 1.807) is 4.90 Å². The van der Waals surface area contributed by atoms with Crippen LogP contribution in [-0.2, 0) is 9.53 Å². The number of piperidine rings is 1. The highest BCUT2D eigenvalue weighted by atomic mass is 16.6. The molecule has 0 aliphatic carbocycles. The summed E-state index contributed by atoms with van der Waals surface area (Å²) in [5.41, 5.74) is -0.555. The van der Waals surface area contributed by atoms with Gasteiger partial charge in [-0.2, -0.15) is 0 Å². The zero-order valence-corrected chi connectivity index (χ0v) is 14.9. The monoisotopic (exact) mass is 310 g/mol. The number of nitrogens with zero attached hydrogens (tertiary/aromatic N) is 2. The summed E-state index contributed by atoms with van der Waals surface area (Å²) < 4.78 is 5.40. The maximum Gasteiger partial charge on any atom is 0.410 e. The Hall–Kier alpha value is -1.26. The van der Waals surface area contributed by atoms with Crippen molar-refractivity contribution < 1.29 is 14.3 Å². The molecule has 126 valence electrons. The van der Waals surface area contributed by atoms with E-state index in [0.717, 1.165) is 39.0 Å². The number of carbonyl (C=O) groups is 2. The third-order valence-electron chi connectivity index (χ3n) is 4.46. The molecule has 0 radical (unpaired) electrons. The van der Waals surface area contributed by atoms with Crippen LogP contribution in [0.25, 0.3) is 0 Å². The van der Waals surface area contributed by atoms with Gasteiger partial charge in [0.05, 0.1) is 0 Å². The Morgan fingerprint density at radius 3 is 1.82 bits per heavy atom. The third-order valence-corrected chi connectivity index (χ3v) is 4.46. The number of ether oxygens (including phenoxy) is 1. The van der Waals surface area contributed by atoms with Crippen molar-refractivity contribution in [2.45, 2.75) is 60.0 Å². The van der Waals surface area contributed by atoms with Crippen molar-refractivity contribution in [2.24, 2.45) is 10.8 Å². The molecule has 5 heteroatoms. The predicted octanol–water partition coefficient (Wildman–Crippen LogP) is 2.89. The molecule has 2 amide bonds. The summed E-state index contributed by atoms with van der Waals surface area (Å²) in [5.74, 6) is 0.227. The van der Waals surface area contributed by atoms with Crippen LogP contribution in [0.3, 0.4) is 0 Å². The van der Waals surface area contributed by atoms with Gasteiger partial charge in [-0.3, -0.25) is 4.79 Å². The molecule has 5 nitrogen and oxygen atoms in total. The number of carbonyl (C=O) groups excluding carboxylic acids is 2. The SMILES string of the molecule is CC(C)(C)OC(=O)N1CC2(CCN(C(=O)C(C)(C)C)CC2)C1. The van der Waals surface area contributed by atoms with Crippen molar-refractivity contribution in [2.75, 3.05) is 26.2 Å². The first-order chi connectivity index (χ1) is 9.92. The van der Waals surface area contributed by atoms with E-state index in [0.29, 0.717) is 0 Å². The quantitative estimate of drug-likeness (QED) is 0.691. The lowest BCUT2D eigenvalue weighted by Gasteiger charge is -2.54. The fourth-order valence-corrected chi connectivity index (χ4v) is 3.19. The zero-order valence-electron chi connectivity index (χ0n) is 14.9. The third kappa shape index (κ3) is 3.73. The standard InChI is InChI=1S/C17H30N2O3/c1-15(2,3)13(20)18-9-7-17(8-10-18)11-19(12-17)14(21)22-16(4,5)6/h7-12H2,1-6H3. The number of rotatable bonds is 0. The summed E-state index contributed by atoms with van der Waals surface area (Å²) in [6, 6.07) is 0. The van der Waals surface area contributed by atoms with Crippen LogP contribution in [0.15, 0.2) is 0 Å². The second kappa shape index (κ2) is 5.43. The predicted molar refractivity (Wildman–Crippen MR) is 85.5 cm³/mol.